The second-order valence-electron chi connectivity index (χ2n) is 2.90. The lowest BCUT2D eigenvalue weighted by molar-refractivity contribution is -0.0877. The Labute approximate surface area is 80.1 Å². The summed E-state index contributed by atoms with van der Waals surface area (Å²) in [4.78, 5) is 0. The molecule has 0 bridgehead atoms. The van der Waals surface area contributed by atoms with Gasteiger partial charge in [0.25, 0.3) is 0 Å². The lowest BCUT2D eigenvalue weighted by atomic mass is 10.4. The Morgan fingerprint density at radius 2 is 1.46 bits per heavy atom. The van der Waals surface area contributed by atoms with E-state index in [0.29, 0.717) is 11.5 Å². The van der Waals surface area contributed by atoms with Crippen molar-refractivity contribution in [3.8, 4) is 0 Å². The summed E-state index contributed by atoms with van der Waals surface area (Å²) in [7, 11) is 0.664. The molecule has 1 aliphatic rings. The van der Waals surface area contributed by atoms with E-state index in [1.807, 2.05) is 6.92 Å². The van der Waals surface area contributed by atoms with E-state index in [2.05, 4.69) is 9.47 Å². The molecule has 5 heteroatoms. The molecule has 0 aromatic heterocycles. The van der Waals surface area contributed by atoms with Gasteiger partial charge in [0, 0.05) is 14.2 Å². The molecule has 0 atom stereocenters. The summed E-state index contributed by atoms with van der Waals surface area (Å²) in [6.07, 6.45) is 1.69. The van der Waals surface area contributed by atoms with Crippen molar-refractivity contribution in [1.82, 2.24) is 0 Å². The summed E-state index contributed by atoms with van der Waals surface area (Å²) in [5, 5.41) is 0. The maximum absolute atomic E-state index is 10.4. The van der Waals surface area contributed by atoms with Crippen LogP contribution in [-0.4, -0.2) is 40.4 Å². The van der Waals surface area contributed by atoms with Crippen LogP contribution in [0.3, 0.4) is 0 Å². The van der Waals surface area contributed by atoms with E-state index in [0.717, 1.165) is 12.8 Å². The van der Waals surface area contributed by atoms with Gasteiger partial charge in [0.2, 0.25) is 0 Å². The van der Waals surface area contributed by atoms with Gasteiger partial charge in [0.15, 0.2) is 6.29 Å². The molecule has 0 spiro atoms. The Balaban J connectivity index is 0.000000226. The highest BCUT2D eigenvalue weighted by molar-refractivity contribution is 7.91. The first-order chi connectivity index (χ1) is 6.02. The van der Waals surface area contributed by atoms with Crippen molar-refractivity contribution in [2.45, 2.75) is 26.1 Å². The van der Waals surface area contributed by atoms with Crippen molar-refractivity contribution in [1.29, 1.82) is 0 Å². The van der Waals surface area contributed by atoms with Gasteiger partial charge in [0.05, 0.1) is 11.5 Å². The number of rotatable bonds is 2. The normalized spacial score (nSPS) is 19.7. The lowest BCUT2D eigenvalue weighted by Crippen LogP contribution is -2.05. The summed E-state index contributed by atoms with van der Waals surface area (Å²) in [6.45, 7) is 1.83. The molecule has 0 saturated carbocycles. The molecule has 1 fully saturated rings. The average Bonchev–Trinajstić information content (AvgIpc) is 2.49. The summed E-state index contributed by atoms with van der Waals surface area (Å²) in [5.41, 5.74) is 0. The van der Waals surface area contributed by atoms with Crippen molar-refractivity contribution >= 4 is 9.84 Å². The maximum atomic E-state index is 10.4. The van der Waals surface area contributed by atoms with E-state index in [9.17, 15) is 8.42 Å². The van der Waals surface area contributed by atoms with Crippen molar-refractivity contribution in [2.75, 3.05) is 25.7 Å². The Bertz CT molecular complexity index is 194. The van der Waals surface area contributed by atoms with Crippen molar-refractivity contribution < 1.29 is 17.9 Å². The topological polar surface area (TPSA) is 52.6 Å². The number of methoxy groups -OCH3 is 2. The van der Waals surface area contributed by atoms with Gasteiger partial charge in [-0.1, -0.05) is 0 Å². The van der Waals surface area contributed by atoms with Crippen molar-refractivity contribution in [2.24, 2.45) is 0 Å². The SMILES string of the molecule is COC(C)OC.O=S1(=O)CCCC1. The standard InChI is InChI=1S/C4H8O2S.C4H10O2/c5-7(6)3-1-2-4-7;1-4(5-2)6-3/h1-4H2;4H,1-3H3. The molecule has 1 saturated heterocycles. The predicted octanol–water partition coefficient (Wildman–Crippen LogP) is 0.820. The second-order valence-corrected chi connectivity index (χ2v) is 5.20. The van der Waals surface area contributed by atoms with Crippen LogP contribution in [-0.2, 0) is 19.3 Å². The fourth-order valence-corrected chi connectivity index (χ4v) is 2.33. The first-order valence-electron chi connectivity index (χ1n) is 4.28. The minimum absolute atomic E-state index is 0.0648. The summed E-state index contributed by atoms with van der Waals surface area (Å²) < 4.78 is 30.2. The third-order valence-corrected chi connectivity index (χ3v) is 3.65. The van der Waals surface area contributed by atoms with Crippen LogP contribution in [0.5, 0.6) is 0 Å². The van der Waals surface area contributed by atoms with E-state index >= 15 is 0 Å². The lowest BCUT2D eigenvalue weighted by Gasteiger charge is -2.03. The summed E-state index contributed by atoms with van der Waals surface area (Å²) >= 11 is 0. The van der Waals surface area contributed by atoms with Gasteiger partial charge in [-0.25, -0.2) is 8.42 Å². The van der Waals surface area contributed by atoms with Gasteiger partial charge < -0.3 is 9.47 Å². The Kier molecular flexibility index (Phi) is 6.28. The zero-order valence-electron chi connectivity index (χ0n) is 8.45. The van der Waals surface area contributed by atoms with E-state index in [1.165, 1.54) is 0 Å². The van der Waals surface area contributed by atoms with Gasteiger partial charge in [0.1, 0.15) is 9.84 Å². The molecule has 0 unspecified atom stereocenters. The highest BCUT2D eigenvalue weighted by atomic mass is 32.2. The smallest absolute Gasteiger partial charge is 0.154 e. The molecule has 80 valence electrons. The minimum Gasteiger partial charge on any atom is -0.356 e. The monoisotopic (exact) mass is 210 g/mol. The van der Waals surface area contributed by atoms with Crippen LogP contribution in [0.1, 0.15) is 19.8 Å². The fraction of sp³-hybridized carbons (Fsp3) is 1.00. The molecule has 13 heavy (non-hydrogen) atoms. The fourth-order valence-electron chi connectivity index (χ4n) is 0.842. The zero-order chi connectivity index (χ0) is 10.3. The Morgan fingerprint density at radius 3 is 1.54 bits per heavy atom. The van der Waals surface area contributed by atoms with Crippen LogP contribution >= 0.6 is 0 Å². The first-order valence-corrected chi connectivity index (χ1v) is 6.10. The Morgan fingerprint density at radius 1 is 1.08 bits per heavy atom. The predicted molar refractivity (Wildman–Crippen MR) is 51.4 cm³/mol. The van der Waals surface area contributed by atoms with Crippen LogP contribution in [0, 0.1) is 0 Å². The van der Waals surface area contributed by atoms with Crippen molar-refractivity contribution in [3.63, 3.8) is 0 Å². The van der Waals surface area contributed by atoms with Gasteiger partial charge in [-0.15, -0.1) is 0 Å². The van der Waals surface area contributed by atoms with Gasteiger partial charge in [-0.05, 0) is 19.8 Å². The molecule has 0 aliphatic carbocycles. The molecule has 4 nitrogen and oxygen atoms in total. The number of ether oxygens (including phenoxy) is 2. The van der Waals surface area contributed by atoms with E-state index < -0.39 is 9.84 Å². The van der Waals surface area contributed by atoms with Crippen molar-refractivity contribution in [3.05, 3.63) is 0 Å². The van der Waals surface area contributed by atoms with Crippen LogP contribution in [0.2, 0.25) is 0 Å². The molecule has 0 radical (unpaired) electrons. The first kappa shape index (κ1) is 12.9. The summed E-state index contributed by atoms with van der Waals surface area (Å²) in [5.74, 6) is 0.847. The highest BCUT2D eigenvalue weighted by Gasteiger charge is 2.16. The Hall–Kier alpha value is -0.130. The molecule has 1 aliphatic heterocycles. The van der Waals surface area contributed by atoms with Crippen LogP contribution < -0.4 is 0 Å². The van der Waals surface area contributed by atoms with Crippen LogP contribution in [0.15, 0.2) is 0 Å². The second kappa shape index (κ2) is 6.34. The number of hydrogen-bond donors (Lipinski definition) is 0. The minimum atomic E-state index is -2.55. The molecule has 0 aromatic carbocycles. The quantitative estimate of drug-likeness (QED) is 0.633. The third-order valence-electron chi connectivity index (χ3n) is 1.82. The van der Waals surface area contributed by atoms with E-state index in [1.54, 1.807) is 14.2 Å². The molecule has 0 N–H and O–H groups in total. The van der Waals surface area contributed by atoms with Crippen LogP contribution in [0.25, 0.3) is 0 Å². The van der Waals surface area contributed by atoms with E-state index in [-0.39, 0.29) is 6.29 Å². The van der Waals surface area contributed by atoms with Gasteiger partial charge in [-0.3, -0.25) is 0 Å². The third kappa shape index (κ3) is 6.98. The number of hydrogen-bond acceptors (Lipinski definition) is 4. The molecular weight excluding hydrogens is 192 g/mol. The van der Waals surface area contributed by atoms with Crippen LogP contribution in [0.4, 0.5) is 0 Å². The summed E-state index contributed by atoms with van der Waals surface area (Å²) in [6, 6.07) is 0. The van der Waals surface area contributed by atoms with Gasteiger partial charge in [-0.2, -0.15) is 0 Å². The molecular formula is C8H18O4S. The largest absolute Gasteiger partial charge is 0.356 e. The van der Waals surface area contributed by atoms with Gasteiger partial charge >= 0.3 is 0 Å². The molecule has 1 rings (SSSR count). The maximum Gasteiger partial charge on any atom is 0.154 e. The molecule has 0 amide bonds. The average molecular weight is 210 g/mol. The molecule has 1 heterocycles. The highest BCUT2D eigenvalue weighted by Crippen LogP contribution is 2.08. The molecule has 0 aromatic rings. The zero-order valence-corrected chi connectivity index (χ0v) is 9.26. The van der Waals surface area contributed by atoms with E-state index in [4.69, 9.17) is 0 Å². The number of sulfone groups is 1.